The number of rotatable bonds is 5. The van der Waals surface area contributed by atoms with E-state index >= 15 is 0 Å². The van der Waals surface area contributed by atoms with E-state index in [1.54, 1.807) is 0 Å². The van der Waals surface area contributed by atoms with Gasteiger partial charge >= 0.3 is 11.9 Å². The van der Waals surface area contributed by atoms with Gasteiger partial charge in [-0.15, -0.1) is 0 Å². The third-order valence-electron chi connectivity index (χ3n) is 1.17. The van der Waals surface area contributed by atoms with E-state index in [2.05, 4.69) is 16.4 Å². The highest BCUT2D eigenvalue weighted by Gasteiger charge is 2.23. The molecular formula is C6H10O5S3. The molecule has 0 aromatic carbocycles. The van der Waals surface area contributed by atoms with Crippen molar-refractivity contribution in [3.8, 4) is 0 Å². The van der Waals surface area contributed by atoms with Gasteiger partial charge in [-0.3, -0.25) is 4.79 Å². The summed E-state index contributed by atoms with van der Waals surface area (Å²) in [6, 6.07) is 0. The number of aliphatic hydroxyl groups is 2. The SMILES string of the molecule is CC(SSS)C(=O)OC(=O)C(O)CO. The van der Waals surface area contributed by atoms with Crippen molar-refractivity contribution < 1.29 is 24.5 Å². The molecule has 0 radical (unpaired) electrons. The minimum atomic E-state index is -1.67. The fourth-order valence-electron chi connectivity index (χ4n) is 0.429. The molecule has 2 atom stereocenters. The van der Waals surface area contributed by atoms with Crippen molar-refractivity contribution in [2.24, 2.45) is 0 Å². The van der Waals surface area contributed by atoms with Crippen LogP contribution in [0.5, 0.6) is 0 Å². The van der Waals surface area contributed by atoms with Crippen LogP contribution in [0.2, 0.25) is 0 Å². The average Bonchev–Trinajstić information content (AvgIpc) is 2.16. The van der Waals surface area contributed by atoms with Gasteiger partial charge in [0.25, 0.3) is 0 Å². The summed E-state index contributed by atoms with van der Waals surface area (Å²) < 4.78 is 4.26. The van der Waals surface area contributed by atoms with Crippen LogP contribution in [-0.4, -0.2) is 40.1 Å². The summed E-state index contributed by atoms with van der Waals surface area (Å²) in [5, 5.41) is 16.6. The van der Waals surface area contributed by atoms with Gasteiger partial charge in [0, 0.05) is 0 Å². The lowest BCUT2D eigenvalue weighted by molar-refractivity contribution is -0.166. The maximum absolute atomic E-state index is 11.1. The second-order valence-corrected chi connectivity index (χ2v) is 5.67. The highest BCUT2D eigenvalue weighted by atomic mass is 33.5. The zero-order valence-corrected chi connectivity index (χ0v) is 9.77. The van der Waals surface area contributed by atoms with E-state index in [-0.39, 0.29) is 0 Å². The van der Waals surface area contributed by atoms with E-state index in [0.29, 0.717) is 0 Å². The van der Waals surface area contributed by atoms with Crippen LogP contribution < -0.4 is 0 Å². The third kappa shape index (κ3) is 5.11. The molecule has 0 rings (SSSR count). The molecular weight excluding hydrogens is 248 g/mol. The van der Waals surface area contributed by atoms with Crippen molar-refractivity contribution in [2.75, 3.05) is 6.61 Å². The molecule has 0 aliphatic carbocycles. The van der Waals surface area contributed by atoms with E-state index in [1.165, 1.54) is 6.92 Å². The van der Waals surface area contributed by atoms with Crippen molar-refractivity contribution >= 4 is 44.2 Å². The zero-order valence-electron chi connectivity index (χ0n) is 7.24. The van der Waals surface area contributed by atoms with Crippen molar-refractivity contribution in [3.63, 3.8) is 0 Å². The largest absolute Gasteiger partial charge is 0.393 e. The molecule has 8 heteroatoms. The quantitative estimate of drug-likeness (QED) is 0.277. The van der Waals surface area contributed by atoms with Crippen LogP contribution in [0.4, 0.5) is 0 Å². The highest BCUT2D eigenvalue weighted by molar-refractivity contribution is 9.05. The molecule has 0 saturated heterocycles. The fourth-order valence-corrected chi connectivity index (χ4v) is 2.47. The molecule has 0 aliphatic heterocycles. The molecule has 14 heavy (non-hydrogen) atoms. The maximum atomic E-state index is 11.1. The Kier molecular flexibility index (Phi) is 7.47. The van der Waals surface area contributed by atoms with Gasteiger partial charge in [-0.05, 0) is 16.7 Å². The Morgan fingerprint density at radius 3 is 2.50 bits per heavy atom. The lowest BCUT2D eigenvalue weighted by Gasteiger charge is -2.09. The highest BCUT2D eigenvalue weighted by Crippen LogP contribution is 2.30. The number of carbonyl (C=O) groups excluding carboxylic acids is 2. The van der Waals surface area contributed by atoms with Gasteiger partial charge in [-0.25, -0.2) is 4.79 Å². The Balaban J connectivity index is 3.99. The Morgan fingerprint density at radius 2 is 2.07 bits per heavy atom. The van der Waals surface area contributed by atoms with E-state index in [0.717, 1.165) is 20.6 Å². The molecule has 0 aliphatic rings. The number of carbonyl (C=O) groups is 2. The lowest BCUT2D eigenvalue weighted by atomic mass is 10.4. The average molecular weight is 258 g/mol. The third-order valence-corrected chi connectivity index (χ3v) is 3.63. The van der Waals surface area contributed by atoms with E-state index < -0.39 is 29.9 Å². The topological polar surface area (TPSA) is 83.8 Å². The molecule has 2 unspecified atom stereocenters. The first kappa shape index (κ1) is 14.1. The summed E-state index contributed by atoms with van der Waals surface area (Å²) >= 11 is 3.80. The molecule has 0 amide bonds. The fraction of sp³-hybridized carbons (Fsp3) is 0.667. The summed E-state index contributed by atoms with van der Waals surface area (Å²) in [6.45, 7) is 0.768. The smallest absolute Gasteiger partial charge is 0.345 e. The molecule has 82 valence electrons. The molecule has 0 spiro atoms. The second-order valence-electron chi connectivity index (χ2n) is 2.25. The zero-order chi connectivity index (χ0) is 11.1. The minimum Gasteiger partial charge on any atom is -0.393 e. The van der Waals surface area contributed by atoms with Crippen molar-refractivity contribution in [3.05, 3.63) is 0 Å². The number of hydrogen-bond donors (Lipinski definition) is 3. The van der Waals surface area contributed by atoms with Crippen LogP contribution in [-0.2, 0) is 14.3 Å². The Labute approximate surface area is 93.8 Å². The Hall–Kier alpha value is 0.110. The van der Waals surface area contributed by atoms with Crippen LogP contribution in [0.3, 0.4) is 0 Å². The Morgan fingerprint density at radius 1 is 1.50 bits per heavy atom. The van der Waals surface area contributed by atoms with Gasteiger partial charge in [0.2, 0.25) is 0 Å². The molecule has 2 N–H and O–H groups in total. The van der Waals surface area contributed by atoms with Gasteiger partial charge in [0.15, 0.2) is 6.10 Å². The normalized spacial score (nSPS) is 14.6. The van der Waals surface area contributed by atoms with Crippen molar-refractivity contribution in [2.45, 2.75) is 18.3 Å². The molecule has 0 aromatic heterocycles. The number of aliphatic hydroxyl groups excluding tert-OH is 2. The Bertz CT molecular complexity index is 210. The van der Waals surface area contributed by atoms with Crippen molar-refractivity contribution in [1.82, 2.24) is 0 Å². The van der Waals surface area contributed by atoms with Gasteiger partial charge in [0.1, 0.15) is 5.25 Å². The van der Waals surface area contributed by atoms with Crippen LogP contribution in [0.25, 0.3) is 0 Å². The summed E-state index contributed by atoms with van der Waals surface area (Å²) in [6.07, 6.45) is -1.67. The van der Waals surface area contributed by atoms with E-state index in [4.69, 9.17) is 10.2 Å². The maximum Gasteiger partial charge on any atom is 0.345 e. The molecule has 0 fully saturated rings. The van der Waals surface area contributed by atoms with E-state index in [9.17, 15) is 9.59 Å². The van der Waals surface area contributed by atoms with Gasteiger partial charge < -0.3 is 14.9 Å². The molecule has 0 heterocycles. The first-order valence-electron chi connectivity index (χ1n) is 3.54. The summed E-state index contributed by atoms with van der Waals surface area (Å²) in [5.41, 5.74) is 0. The summed E-state index contributed by atoms with van der Waals surface area (Å²) in [5.74, 6) is -1.91. The number of ether oxygens (including phenoxy) is 1. The molecule has 0 bridgehead atoms. The van der Waals surface area contributed by atoms with Crippen LogP contribution in [0, 0.1) is 0 Å². The number of esters is 2. The molecule has 0 saturated carbocycles. The first-order chi connectivity index (χ1) is 6.52. The second kappa shape index (κ2) is 7.41. The lowest BCUT2D eigenvalue weighted by Crippen LogP contribution is -2.31. The van der Waals surface area contributed by atoms with Crippen molar-refractivity contribution in [1.29, 1.82) is 0 Å². The van der Waals surface area contributed by atoms with Gasteiger partial charge in [0.05, 0.1) is 6.61 Å². The standard InChI is InChI=1S/C6H10O5S3/c1-3(13-14-12)5(9)11-6(10)4(8)2-7/h3-4,7-8,12H,2H2,1H3. The van der Waals surface area contributed by atoms with Crippen LogP contribution in [0.15, 0.2) is 0 Å². The van der Waals surface area contributed by atoms with Crippen LogP contribution in [0.1, 0.15) is 6.92 Å². The summed E-state index contributed by atoms with van der Waals surface area (Å²) in [4.78, 5) is 21.9. The van der Waals surface area contributed by atoms with E-state index in [1.807, 2.05) is 0 Å². The predicted octanol–water partition coefficient (Wildman–Crippen LogP) is 0.0241. The molecule has 0 aromatic rings. The predicted molar refractivity (Wildman–Crippen MR) is 57.8 cm³/mol. The van der Waals surface area contributed by atoms with Crippen LogP contribution >= 0.6 is 32.3 Å². The molecule has 5 nitrogen and oxygen atoms in total. The number of thiol groups is 1. The van der Waals surface area contributed by atoms with Gasteiger partial charge in [-0.2, -0.15) is 0 Å². The first-order valence-corrected chi connectivity index (χ1v) is 6.80. The van der Waals surface area contributed by atoms with Gasteiger partial charge in [-0.1, -0.05) is 22.5 Å². The summed E-state index contributed by atoms with van der Waals surface area (Å²) in [7, 11) is 2.18. The monoisotopic (exact) mass is 258 g/mol. The minimum absolute atomic E-state index is 0.563. The number of hydrogen-bond acceptors (Lipinski definition) is 8.